The summed E-state index contributed by atoms with van der Waals surface area (Å²) in [4.78, 5) is 0. The molecule has 0 unspecified atom stereocenters. The highest BCUT2D eigenvalue weighted by molar-refractivity contribution is 5.79. The van der Waals surface area contributed by atoms with Crippen molar-refractivity contribution >= 4 is 5.69 Å². The van der Waals surface area contributed by atoms with Gasteiger partial charge in [-0.3, -0.25) is 0 Å². The first-order valence-electron chi connectivity index (χ1n) is 5.18. The van der Waals surface area contributed by atoms with Crippen molar-refractivity contribution in [3.8, 4) is 17.2 Å². The predicted molar refractivity (Wildman–Crippen MR) is 65.7 cm³/mol. The maximum atomic E-state index is 13.3. The molecule has 0 amide bonds. The summed E-state index contributed by atoms with van der Waals surface area (Å²) in [6.07, 6.45) is 0. The first-order valence-corrected chi connectivity index (χ1v) is 5.18. The van der Waals surface area contributed by atoms with E-state index in [9.17, 15) is 4.39 Å². The summed E-state index contributed by atoms with van der Waals surface area (Å²) in [5.41, 5.74) is 8.80. The maximum absolute atomic E-state index is 13.3. The van der Waals surface area contributed by atoms with Gasteiger partial charge in [-0.1, -0.05) is 24.3 Å². The summed E-state index contributed by atoms with van der Waals surface area (Å²) in [6.45, 7) is 1.95. The van der Waals surface area contributed by atoms with E-state index in [4.69, 9.17) is 11.0 Å². The molecule has 0 saturated heterocycles. The van der Waals surface area contributed by atoms with Gasteiger partial charge in [-0.15, -0.1) is 0 Å². The molecule has 2 aromatic carbocycles. The predicted octanol–water partition coefficient (Wildman–Crippen LogP) is 3.26. The normalized spacial score (nSPS) is 9.94. The van der Waals surface area contributed by atoms with Crippen molar-refractivity contribution < 1.29 is 4.39 Å². The van der Waals surface area contributed by atoms with Crippen LogP contribution in [0.15, 0.2) is 36.4 Å². The number of benzene rings is 2. The van der Waals surface area contributed by atoms with Gasteiger partial charge >= 0.3 is 0 Å². The Morgan fingerprint density at radius 2 is 1.88 bits per heavy atom. The fraction of sp³-hybridized carbons (Fsp3) is 0.0714. The summed E-state index contributed by atoms with van der Waals surface area (Å²) < 4.78 is 13.3. The number of nitrogen functional groups attached to an aromatic ring is 1. The minimum Gasteiger partial charge on any atom is -0.398 e. The Hall–Kier alpha value is -2.34. The highest BCUT2D eigenvalue weighted by atomic mass is 19.1. The van der Waals surface area contributed by atoms with E-state index in [1.165, 1.54) is 12.1 Å². The van der Waals surface area contributed by atoms with Crippen molar-refractivity contribution in [2.24, 2.45) is 0 Å². The zero-order valence-corrected chi connectivity index (χ0v) is 9.37. The smallest absolute Gasteiger partial charge is 0.143 e. The van der Waals surface area contributed by atoms with Gasteiger partial charge in [-0.2, -0.15) is 5.26 Å². The number of nitrogens with zero attached hydrogens (tertiary/aromatic N) is 1. The average molecular weight is 226 g/mol. The van der Waals surface area contributed by atoms with Crippen LogP contribution in [0.1, 0.15) is 11.1 Å². The van der Waals surface area contributed by atoms with Crippen LogP contribution in [0.4, 0.5) is 10.1 Å². The Bertz CT molecular complexity index is 612. The third kappa shape index (κ3) is 1.98. The molecule has 0 heterocycles. The van der Waals surface area contributed by atoms with Crippen LogP contribution >= 0.6 is 0 Å². The van der Waals surface area contributed by atoms with E-state index < -0.39 is 5.82 Å². The molecule has 2 nitrogen and oxygen atoms in total. The van der Waals surface area contributed by atoms with E-state index in [2.05, 4.69) is 0 Å². The quantitative estimate of drug-likeness (QED) is 0.759. The molecular formula is C14H11FN2. The number of hydrogen-bond acceptors (Lipinski definition) is 2. The molecule has 0 aliphatic heterocycles. The van der Waals surface area contributed by atoms with Crippen molar-refractivity contribution in [3.05, 3.63) is 53.3 Å². The van der Waals surface area contributed by atoms with E-state index in [1.807, 2.05) is 37.3 Å². The molecule has 2 N–H and O–H groups in total. The third-order valence-electron chi connectivity index (χ3n) is 2.69. The van der Waals surface area contributed by atoms with Gasteiger partial charge in [0.15, 0.2) is 0 Å². The molecule has 2 aromatic rings. The molecule has 0 aromatic heterocycles. The number of nitrogens with two attached hydrogens (primary N) is 1. The van der Waals surface area contributed by atoms with Gasteiger partial charge in [-0.25, -0.2) is 4.39 Å². The monoisotopic (exact) mass is 226 g/mol. The van der Waals surface area contributed by atoms with Crippen molar-refractivity contribution in [2.75, 3.05) is 5.73 Å². The van der Waals surface area contributed by atoms with E-state index in [0.29, 0.717) is 11.3 Å². The topological polar surface area (TPSA) is 49.8 Å². The minimum absolute atomic E-state index is 0.0115. The second-order valence-electron chi connectivity index (χ2n) is 3.85. The maximum Gasteiger partial charge on any atom is 0.143 e. The average Bonchev–Trinajstić information content (AvgIpc) is 2.31. The lowest BCUT2D eigenvalue weighted by atomic mass is 9.97. The van der Waals surface area contributed by atoms with Gasteiger partial charge in [0.05, 0.1) is 5.56 Å². The van der Waals surface area contributed by atoms with E-state index in [-0.39, 0.29) is 5.56 Å². The van der Waals surface area contributed by atoms with Crippen LogP contribution in [0.2, 0.25) is 0 Å². The van der Waals surface area contributed by atoms with Crippen molar-refractivity contribution in [1.29, 1.82) is 5.26 Å². The van der Waals surface area contributed by atoms with Gasteiger partial charge in [0.1, 0.15) is 11.9 Å². The second kappa shape index (κ2) is 4.26. The number of nitriles is 1. The van der Waals surface area contributed by atoms with Gasteiger partial charge < -0.3 is 5.73 Å². The lowest BCUT2D eigenvalue weighted by molar-refractivity contribution is 0.625. The van der Waals surface area contributed by atoms with Crippen LogP contribution in [0, 0.1) is 24.1 Å². The number of halogens is 1. The highest BCUT2D eigenvalue weighted by Gasteiger charge is 2.10. The zero-order valence-electron chi connectivity index (χ0n) is 9.37. The molecule has 84 valence electrons. The van der Waals surface area contributed by atoms with Crippen LogP contribution in [-0.2, 0) is 0 Å². The number of rotatable bonds is 1. The van der Waals surface area contributed by atoms with Crippen molar-refractivity contribution in [2.45, 2.75) is 6.92 Å². The van der Waals surface area contributed by atoms with Crippen LogP contribution in [0.3, 0.4) is 0 Å². The van der Waals surface area contributed by atoms with Crippen molar-refractivity contribution in [1.82, 2.24) is 0 Å². The molecule has 0 radical (unpaired) electrons. The largest absolute Gasteiger partial charge is 0.398 e. The Morgan fingerprint density at radius 1 is 1.18 bits per heavy atom. The summed E-state index contributed by atoms with van der Waals surface area (Å²) in [6, 6.07) is 12.2. The Balaban J connectivity index is 2.69. The Labute approximate surface area is 99.1 Å². The number of hydrogen-bond donors (Lipinski definition) is 1. The van der Waals surface area contributed by atoms with Gasteiger partial charge in [0.2, 0.25) is 0 Å². The fourth-order valence-corrected chi connectivity index (χ4v) is 1.78. The molecule has 3 heteroatoms. The fourth-order valence-electron chi connectivity index (χ4n) is 1.78. The van der Waals surface area contributed by atoms with Crippen LogP contribution in [0.25, 0.3) is 11.1 Å². The van der Waals surface area contributed by atoms with Gasteiger partial charge in [0, 0.05) is 11.3 Å². The molecule has 17 heavy (non-hydrogen) atoms. The second-order valence-corrected chi connectivity index (χ2v) is 3.85. The summed E-state index contributed by atoms with van der Waals surface area (Å²) >= 11 is 0. The van der Waals surface area contributed by atoms with E-state index in [0.717, 1.165) is 11.1 Å². The lowest BCUT2D eigenvalue weighted by Crippen LogP contribution is -1.95. The molecule has 0 fully saturated rings. The molecule has 2 rings (SSSR count). The zero-order chi connectivity index (χ0) is 12.4. The highest BCUT2D eigenvalue weighted by Crippen LogP contribution is 2.30. The van der Waals surface area contributed by atoms with E-state index >= 15 is 0 Å². The van der Waals surface area contributed by atoms with Crippen LogP contribution in [0.5, 0.6) is 0 Å². The lowest BCUT2D eigenvalue weighted by Gasteiger charge is -2.09. The molecule has 0 atom stereocenters. The molecular weight excluding hydrogens is 215 g/mol. The summed E-state index contributed by atoms with van der Waals surface area (Å²) in [5.74, 6) is -0.581. The molecule has 0 aliphatic carbocycles. The summed E-state index contributed by atoms with van der Waals surface area (Å²) in [5, 5.41) is 8.82. The number of aryl methyl sites for hydroxylation is 1. The van der Waals surface area contributed by atoms with Crippen molar-refractivity contribution in [3.63, 3.8) is 0 Å². The van der Waals surface area contributed by atoms with Gasteiger partial charge in [0.25, 0.3) is 0 Å². The standard InChI is InChI=1S/C14H11FN2/c1-9-4-2-3-5-11(9)12-6-10(8-16)13(15)7-14(12)17/h2-7H,17H2,1H3. The molecule has 0 saturated carbocycles. The van der Waals surface area contributed by atoms with E-state index in [1.54, 1.807) is 0 Å². The Morgan fingerprint density at radius 3 is 2.53 bits per heavy atom. The summed E-state index contributed by atoms with van der Waals surface area (Å²) in [7, 11) is 0. The first-order chi connectivity index (χ1) is 8.13. The molecule has 0 bridgehead atoms. The van der Waals surface area contributed by atoms with Crippen LogP contribution in [-0.4, -0.2) is 0 Å². The van der Waals surface area contributed by atoms with Crippen LogP contribution < -0.4 is 5.73 Å². The molecule has 0 spiro atoms. The third-order valence-corrected chi connectivity index (χ3v) is 2.69. The minimum atomic E-state index is -0.581. The number of anilines is 1. The first kappa shape index (κ1) is 11.2. The SMILES string of the molecule is Cc1ccccc1-c1cc(C#N)c(F)cc1N. The van der Waals surface area contributed by atoms with Gasteiger partial charge in [-0.05, 0) is 30.2 Å². The molecule has 0 aliphatic rings. The Kier molecular flexibility index (Phi) is 2.80.